The lowest BCUT2D eigenvalue weighted by Gasteiger charge is -2.12. The molecule has 0 spiro atoms. The van der Waals surface area contributed by atoms with Gasteiger partial charge in [0, 0.05) is 16.0 Å². The summed E-state index contributed by atoms with van der Waals surface area (Å²) in [6.07, 6.45) is 0. The molecular formula is C20H24N2O5S. The fourth-order valence-corrected chi connectivity index (χ4v) is 3.04. The van der Waals surface area contributed by atoms with Gasteiger partial charge in [-0.3, -0.25) is 4.79 Å². The molecule has 0 unspecified atom stereocenters. The number of carbonyl (C=O) groups is 1. The van der Waals surface area contributed by atoms with Gasteiger partial charge in [0.15, 0.2) is 0 Å². The molecule has 28 heavy (non-hydrogen) atoms. The minimum Gasteiger partial charge on any atom is -0.497 e. The van der Waals surface area contributed by atoms with Crippen molar-refractivity contribution < 1.29 is 27.0 Å². The molecule has 0 bridgehead atoms. The predicted octanol–water partition coefficient (Wildman–Crippen LogP) is 4.13. The zero-order valence-corrected chi connectivity index (χ0v) is 15.8. The van der Waals surface area contributed by atoms with E-state index in [1.807, 2.05) is 0 Å². The average molecular weight is 404 g/mol. The Morgan fingerprint density at radius 3 is 2.43 bits per heavy atom. The number of anilines is 1. The van der Waals surface area contributed by atoms with Gasteiger partial charge in [-0.25, -0.2) is 13.6 Å². The molecule has 0 heterocycles. The number of rotatable bonds is 6. The van der Waals surface area contributed by atoms with E-state index in [1.54, 1.807) is 61.7 Å². The smallest absolute Gasteiger partial charge is 0.259 e. The van der Waals surface area contributed by atoms with Gasteiger partial charge in [0.05, 0.1) is 17.6 Å². The van der Waals surface area contributed by atoms with E-state index in [-0.39, 0.29) is 14.7 Å². The molecule has 8 heteroatoms. The summed E-state index contributed by atoms with van der Waals surface area (Å²) >= 11 is 0. The third-order valence-corrected chi connectivity index (χ3v) is 4.73. The minimum absolute atomic E-state index is 0. The van der Waals surface area contributed by atoms with Gasteiger partial charge in [0.2, 0.25) is 10.0 Å². The van der Waals surface area contributed by atoms with E-state index >= 15 is 0 Å². The Hall–Kier alpha value is -3.36. The van der Waals surface area contributed by atoms with Gasteiger partial charge in [0.1, 0.15) is 17.2 Å². The highest BCUT2D eigenvalue weighted by atomic mass is 32.2. The van der Waals surface area contributed by atoms with Gasteiger partial charge < -0.3 is 14.8 Å². The van der Waals surface area contributed by atoms with Crippen LogP contribution in [0.5, 0.6) is 17.2 Å². The first kappa shape index (κ1) is 19.4. The maximum Gasteiger partial charge on any atom is 0.259 e. The van der Waals surface area contributed by atoms with Crippen molar-refractivity contribution in [3.63, 3.8) is 0 Å². The fraction of sp³-hybridized carbons (Fsp3) is 0.0500. The SMILES string of the molecule is COc1cccc(Oc2ccccc2C(=O)Nc2cccc(S(N)(=O)=O)c2)c1.[HH].[HH].[HH]. The lowest BCUT2D eigenvalue weighted by atomic mass is 10.1. The van der Waals surface area contributed by atoms with E-state index in [2.05, 4.69) is 5.32 Å². The van der Waals surface area contributed by atoms with Crippen LogP contribution < -0.4 is 19.9 Å². The molecule has 7 nitrogen and oxygen atoms in total. The monoisotopic (exact) mass is 404 g/mol. The largest absolute Gasteiger partial charge is 0.497 e. The zero-order chi connectivity index (χ0) is 20.1. The minimum atomic E-state index is -3.87. The molecule has 3 N–H and O–H groups in total. The number of primary sulfonamides is 1. The fourth-order valence-electron chi connectivity index (χ4n) is 2.48. The number of nitrogens with two attached hydrogens (primary N) is 1. The van der Waals surface area contributed by atoms with Crippen LogP contribution in [-0.4, -0.2) is 21.4 Å². The van der Waals surface area contributed by atoms with Crippen molar-refractivity contribution in [2.24, 2.45) is 5.14 Å². The summed E-state index contributed by atoms with van der Waals surface area (Å²) in [4.78, 5) is 12.6. The van der Waals surface area contributed by atoms with E-state index in [1.165, 1.54) is 18.2 Å². The van der Waals surface area contributed by atoms with Crippen LogP contribution in [0.25, 0.3) is 0 Å². The van der Waals surface area contributed by atoms with Crippen molar-refractivity contribution in [3.8, 4) is 17.2 Å². The summed E-state index contributed by atoms with van der Waals surface area (Å²) < 4.78 is 34.0. The van der Waals surface area contributed by atoms with E-state index in [0.29, 0.717) is 22.9 Å². The Bertz CT molecular complexity index is 1130. The maximum absolute atomic E-state index is 12.7. The Kier molecular flexibility index (Phi) is 5.62. The quantitative estimate of drug-likeness (QED) is 0.642. The van der Waals surface area contributed by atoms with Crippen LogP contribution in [0.1, 0.15) is 14.6 Å². The predicted molar refractivity (Wildman–Crippen MR) is 112 cm³/mol. The molecule has 3 rings (SSSR count). The summed E-state index contributed by atoms with van der Waals surface area (Å²) in [5.41, 5.74) is 0.582. The summed E-state index contributed by atoms with van der Waals surface area (Å²) in [6.45, 7) is 0. The van der Waals surface area contributed by atoms with Gasteiger partial charge in [0.25, 0.3) is 5.91 Å². The first-order valence-corrected chi connectivity index (χ1v) is 9.76. The number of amides is 1. The molecule has 0 aromatic heterocycles. The lowest BCUT2D eigenvalue weighted by molar-refractivity contribution is 0.102. The van der Waals surface area contributed by atoms with Crippen LogP contribution >= 0.6 is 0 Å². The second-order valence-corrected chi connectivity index (χ2v) is 7.37. The Morgan fingerprint density at radius 1 is 0.964 bits per heavy atom. The first-order chi connectivity index (χ1) is 13.4. The van der Waals surface area contributed by atoms with Crippen molar-refractivity contribution >= 4 is 21.6 Å². The molecule has 0 fully saturated rings. The molecule has 0 atom stereocenters. The van der Waals surface area contributed by atoms with Crippen LogP contribution in [0.4, 0.5) is 5.69 Å². The van der Waals surface area contributed by atoms with Crippen molar-refractivity contribution in [3.05, 3.63) is 78.4 Å². The Morgan fingerprint density at radius 2 is 1.68 bits per heavy atom. The van der Waals surface area contributed by atoms with Crippen molar-refractivity contribution in [2.75, 3.05) is 12.4 Å². The number of ether oxygens (including phenoxy) is 2. The third-order valence-electron chi connectivity index (χ3n) is 3.82. The molecule has 150 valence electrons. The normalized spacial score (nSPS) is 10.9. The van der Waals surface area contributed by atoms with Gasteiger partial charge in [-0.15, -0.1) is 0 Å². The number of sulfonamides is 1. The van der Waals surface area contributed by atoms with Gasteiger partial charge in [-0.05, 0) is 42.5 Å². The highest BCUT2D eigenvalue weighted by molar-refractivity contribution is 7.89. The second-order valence-electron chi connectivity index (χ2n) is 5.80. The summed E-state index contributed by atoms with van der Waals surface area (Å²) in [6, 6.07) is 19.4. The molecule has 0 aliphatic heterocycles. The molecule has 3 aromatic carbocycles. The number of methoxy groups -OCH3 is 1. The number of hydrogen-bond acceptors (Lipinski definition) is 5. The molecule has 0 aliphatic carbocycles. The number of benzene rings is 3. The number of hydrogen-bond donors (Lipinski definition) is 2. The van der Waals surface area contributed by atoms with E-state index in [4.69, 9.17) is 14.6 Å². The zero-order valence-electron chi connectivity index (χ0n) is 15.0. The molecule has 0 radical (unpaired) electrons. The van der Waals surface area contributed by atoms with Crippen LogP contribution in [0.2, 0.25) is 0 Å². The highest BCUT2D eigenvalue weighted by Gasteiger charge is 2.15. The molecule has 3 aromatic rings. The van der Waals surface area contributed by atoms with Gasteiger partial charge in [-0.1, -0.05) is 24.3 Å². The average Bonchev–Trinajstić information content (AvgIpc) is 2.68. The van der Waals surface area contributed by atoms with Crippen LogP contribution in [0.3, 0.4) is 0 Å². The van der Waals surface area contributed by atoms with Crippen molar-refractivity contribution in [1.82, 2.24) is 0 Å². The maximum atomic E-state index is 12.7. The van der Waals surface area contributed by atoms with Gasteiger partial charge >= 0.3 is 0 Å². The van der Waals surface area contributed by atoms with Crippen LogP contribution in [0.15, 0.2) is 77.7 Å². The molecule has 0 saturated heterocycles. The van der Waals surface area contributed by atoms with Crippen molar-refractivity contribution in [1.29, 1.82) is 0 Å². The Labute approximate surface area is 167 Å². The second kappa shape index (κ2) is 8.12. The summed E-state index contributed by atoms with van der Waals surface area (Å²) in [5.74, 6) is 1.02. The number of carbonyl (C=O) groups excluding carboxylic acids is 1. The molecule has 1 amide bonds. The Balaban J connectivity index is 0.00000300. The van der Waals surface area contributed by atoms with E-state index < -0.39 is 15.9 Å². The van der Waals surface area contributed by atoms with E-state index in [9.17, 15) is 13.2 Å². The molecule has 0 aliphatic rings. The molecular weight excluding hydrogens is 380 g/mol. The van der Waals surface area contributed by atoms with Crippen molar-refractivity contribution in [2.45, 2.75) is 4.90 Å². The topological polar surface area (TPSA) is 108 Å². The highest BCUT2D eigenvalue weighted by Crippen LogP contribution is 2.28. The van der Waals surface area contributed by atoms with E-state index in [0.717, 1.165) is 0 Å². The third kappa shape index (κ3) is 4.67. The first-order valence-electron chi connectivity index (χ1n) is 8.22. The van der Waals surface area contributed by atoms with Crippen LogP contribution in [-0.2, 0) is 10.0 Å². The summed E-state index contributed by atoms with van der Waals surface area (Å²) in [7, 11) is -2.32. The summed E-state index contributed by atoms with van der Waals surface area (Å²) in [5, 5.41) is 7.79. The number of para-hydroxylation sites is 1. The number of nitrogens with one attached hydrogen (secondary N) is 1. The molecule has 0 saturated carbocycles. The van der Waals surface area contributed by atoms with Crippen LogP contribution in [0, 0.1) is 0 Å². The van der Waals surface area contributed by atoms with Gasteiger partial charge in [-0.2, -0.15) is 0 Å². The standard InChI is InChI=1S/C20H18N2O5S.3H2/c1-26-15-7-5-8-16(13-15)27-19-11-3-2-10-18(19)20(23)22-14-6-4-9-17(12-14)28(21,24)25;;;/h2-13H,1H3,(H,22,23)(H2,21,24,25);3*1H. The lowest BCUT2D eigenvalue weighted by Crippen LogP contribution is -2.15.